The van der Waals surface area contributed by atoms with E-state index < -0.39 is 12.1 Å². The van der Waals surface area contributed by atoms with Crippen LogP contribution in [0.2, 0.25) is 0 Å². The van der Waals surface area contributed by atoms with E-state index in [2.05, 4.69) is 5.32 Å². The summed E-state index contributed by atoms with van der Waals surface area (Å²) in [6.07, 6.45) is 0.951. The van der Waals surface area contributed by atoms with Gasteiger partial charge in [0.1, 0.15) is 12.1 Å². The van der Waals surface area contributed by atoms with Crippen LogP contribution in [0, 0.1) is 11.3 Å². The van der Waals surface area contributed by atoms with Gasteiger partial charge in [0.15, 0.2) is 0 Å². The molecule has 1 aliphatic rings. The smallest absolute Gasteiger partial charge is 0.246 e. The van der Waals surface area contributed by atoms with Crippen LogP contribution in [0.5, 0.6) is 0 Å². The zero-order valence-electron chi connectivity index (χ0n) is 14.2. The Labute approximate surface area is 128 Å². The van der Waals surface area contributed by atoms with E-state index >= 15 is 0 Å². The fraction of sp³-hybridized carbons (Fsp3) is 0.875. The maximum atomic E-state index is 12.8. The van der Waals surface area contributed by atoms with Gasteiger partial charge < -0.3 is 15.0 Å². The van der Waals surface area contributed by atoms with Gasteiger partial charge in [0.25, 0.3) is 0 Å². The van der Waals surface area contributed by atoms with Crippen LogP contribution in [-0.4, -0.2) is 48.6 Å². The van der Waals surface area contributed by atoms with Crippen molar-refractivity contribution in [3.8, 4) is 0 Å². The van der Waals surface area contributed by atoms with Crippen LogP contribution in [0.25, 0.3) is 0 Å². The van der Waals surface area contributed by atoms with E-state index in [0.717, 1.165) is 6.42 Å². The van der Waals surface area contributed by atoms with Gasteiger partial charge in [0.05, 0.1) is 6.61 Å². The van der Waals surface area contributed by atoms with Crippen LogP contribution in [0.3, 0.4) is 0 Å². The summed E-state index contributed by atoms with van der Waals surface area (Å²) < 4.78 is 5.49. The molecule has 1 aliphatic heterocycles. The predicted molar refractivity (Wildman–Crippen MR) is 82.8 cm³/mol. The third-order valence-electron chi connectivity index (χ3n) is 3.74. The minimum absolute atomic E-state index is 0.000832. The second kappa shape index (κ2) is 7.25. The molecule has 0 radical (unpaired) electrons. The molecule has 1 heterocycles. The van der Waals surface area contributed by atoms with Gasteiger partial charge in [-0.25, -0.2) is 0 Å². The van der Waals surface area contributed by atoms with E-state index in [1.165, 1.54) is 0 Å². The lowest BCUT2D eigenvalue weighted by Crippen LogP contribution is -2.68. The first-order valence-corrected chi connectivity index (χ1v) is 7.88. The Morgan fingerprint density at radius 3 is 2.33 bits per heavy atom. The number of piperazine rings is 1. The molecule has 5 nitrogen and oxygen atoms in total. The summed E-state index contributed by atoms with van der Waals surface area (Å²) in [7, 11) is 0. The third kappa shape index (κ3) is 4.43. The van der Waals surface area contributed by atoms with E-state index in [1.807, 2.05) is 41.5 Å². The van der Waals surface area contributed by atoms with Gasteiger partial charge >= 0.3 is 0 Å². The Hall–Kier alpha value is -1.10. The number of carbonyl (C=O) groups is 2. The first kappa shape index (κ1) is 18.0. The third-order valence-corrected chi connectivity index (χ3v) is 3.74. The minimum atomic E-state index is -0.467. The molecule has 0 aliphatic carbocycles. The Kier molecular flexibility index (Phi) is 6.20. The zero-order valence-corrected chi connectivity index (χ0v) is 14.2. The molecule has 0 aromatic heterocycles. The zero-order chi connectivity index (χ0) is 16.2. The lowest BCUT2D eigenvalue weighted by molar-refractivity contribution is -0.155. The quantitative estimate of drug-likeness (QED) is 0.761. The molecular formula is C16H30N2O3. The first-order valence-electron chi connectivity index (χ1n) is 7.88. The van der Waals surface area contributed by atoms with Crippen LogP contribution in [-0.2, 0) is 14.3 Å². The molecule has 0 bridgehead atoms. The van der Waals surface area contributed by atoms with Crippen LogP contribution in [0.4, 0.5) is 0 Å². The van der Waals surface area contributed by atoms with E-state index in [9.17, 15) is 9.59 Å². The lowest BCUT2D eigenvalue weighted by Gasteiger charge is -2.44. The van der Waals surface area contributed by atoms with Crippen LogP contribution < -0.4 is 5.32 Å². The fourth-order valence-corrected chi connectivity index (χ4v) is 2.64. The Bertz CT molecular complexity index is 374. The second-order valence-electron chi connectivity index (χ2n) is 7.14. The highest BCUT2D eigenvalue weighted by Gasteiger charge is 2.45. The van der Waals surface area contributed by atoms with Crippen molar-refractivity contribution < 1.29 is 14.3 Å². The highest BCUT2D eigenvalue weighted by molar-refractivity contribution is 5.97. The van der Waals surface area contributed by atoms with Gasteiger partial charge in [0.2, 0.25) is 11.8 Å². The Balaban J connectivity index is 2.88. The summed E-state index contributed by atoms with van der Waals surface area (Å²) >= 11 is 0. The number of carbonyl (C=O) groups excluding carboxylic acids is 2. The summed E-state index contributed by atoms with van der Waals surface area (Å²) in [5.74, 6) is 0.0296. The number of hydrogen-bond donors (Lipinski definition) is 1. The molecular weight excluding hydrogens is 268 g/mol. The highest BCUT2D eigenvalue weighted by atomic mass is 16.5. The van der Waals surface area contributed by atoms with Crippen molar-refractivity contribution in [2.75, 3.05) is 19.8 Å². The molecule has 2 unspecified atom stereocenters. The van der Waals surface area contributed by atoms with Gasteiger partial charge in [-0.3, -0.25) is 9.59 Å². The fourth-order valence-electron chi connectivity index (χ4n) is 2.64. The van der Waals surface area contributed by atoms with E-state index in [-0.39, 0.29) is 23.1 Å². The number of hydrogen-bond acceptors (Lipinski definition) is 3. The highest BCUT2D eigenvalue weighted by Crippen LogP contribution is 2.27. The molecule has 2 amide bonds. The summed E-state index contributed by atoms with van der Waals surface area (Å²) in [4.78, 5) is 26.8. The van der Waals surface area contributed by atoms with Crippen molar-refractivity contribution in [2.45, 2.75) is 60.0 Å². The van der Waals surface area contributed by atoms with Crippen molar-refractivity contribution in [1.29, 1.82) is 0 Å². The van der Waals surface area contributed by atoms with Gasteiger partial charge in [-0.05, 0) is 17.8 Å². The number of amides is 2. The number of rotatable bonds is 6. The molecule has 1 N–H and O–H groups in total. The first-order chi connectivity index (χ1) is 9.70. The average Bonchev–Trinajstić information content (AvgIpc) is 2.36. The molecule has 0 spiro atoms. The molecule has 122 valence electrons. The Morgan fingerprint density at radius 2 is 1.86 bits per heavy atom. The largest absolute Gasteiger partial charge is 0.380 e. The molecule has 21 heavy (non-hydrogen) atoms. The number of ether oxygens (including phenoxy) is 1. The molecule has 0 saturated carbocycles. The van der Waals surface area contributed by atoms with Crippen LogP contribution >= 0.6 is 0 Å². The van der Waals surface area contributed by atoms with E-state index in [1.54, 1.807) is 4.90 Å². The maximum Gasteiger partial charge on any atom is 0.246 e. The molecule has 2 atom stereocenters. The van der Waals surface area contributed by atoms with Crippen molar-refractivity contribution in [1.82, 2.24) is 10.2 Å². The monoisotopic (exact) mass is 298 g/mol. The van der Waals surface area contributed by atoms with Crippen LogP contribution in [0.1, 0.15) is 48.0 Å². The Morgan fingerprint density at radius 1 is 1.24 bits per heavy atom. The van der Waals surface area contributed by atoms with Crippen molar-refractivity contribution in [2.24, 2.45) is 11.3 Å². The molecule has 5 heteroatoms. The predicted octanol–water partition coefficient (Wildman–Crippen LogP) is 1.81. The SMILES string of the molecule is CCCOCCN1C(=O)C(C(C)(C)C)NC(=O)C1C(C)C. The van der Waals surface area contributed by atoms with Crippen molar-refractivity contribution >= 4 is 11.8 Å². The van der Waals surface area contributed by atoms with Crippen LogP contribution in [0.15, 0.2) is 0 Å². The topological polar surface area (TPSA) is 58.6 Å². The van der Waals surface area contributed by atoms with Gasteiger partial charge in [-0.1, -0.05) is 41.5 Å². The standard InChI is InChI=1S/C16H30N2O3/c1-7-9-21-10-8-18-12(11(2)3)14(19)17-13(15(18)20)16(4,5)6/h11-13H,7-10H2,1-6H3,(H,17,19). The van der Waals surface area contributed by atoms with Crippen molar-refractivity contribution in [3.05, 3.63) is 0 Å². The lowest BCUT2D eigenvalue weighted by atomic mass is 9.83. The van der Waals surface area contributed by atoms with E-state index in [0.29, 0.717) is 19.8 Å². The molecule has 0 aromatic carbocycles. The number of nitrogens with one attached hydrogen (secondary N) is 1. The van der Waals surface area contributed by atoms with Gasteiger partial charge in [-0.15, -0.1) is 0 Å². The van der Waals surface area contributed by atoms with E-state index in [4.69, 9.17) is 4.74 Å². The summed E-state index contributed by atoms with van der Waals surface area (Å²) in [6, 6.07) is -0.868. The van der Waals surface area contributed by atoms with Crippen molar-refractivity contribution in [3.63, 3.8) is 0 Å². The minimum Gasteiger partial charge on any atom is -0.380 e. The summed E-state index contributed by atoms with van der Waals surface area (Å²) in [6.45, 7) is 13.5. The van der Waals surface area contributed by atoms with Gasteiger partial charge in [0, 0.05) is 13.2 Å². The molecule has 1 rings (SSSR count). The summed E-state index contributed by atoms with van der Waals surface area (Å²) in [5.41, 5.74) is -0.294. The maximum absolute atomic E-state index is 12.8. The molecule has 0 aromatic rings. The second-order valence-corrected chi connectivity index (χ2v) is 7.14. The average molecular weight is 298 g/mol. The molecule has 1 saturated heterocycles. The number of nitrogens with zero attached hydrogens (tertiary/aromatic N) is 1. The molecule has 1 fully saturated rings. The van der Waals surface area contributed by atoms with Gasteiger partial charge in [-0.2, -0.15) is 0 Å². The normalized spacial score (nSPS) is 23.7. The summed E-state index contributed by atoms with van der Waals surface area (Å²) in [5, 5.41) is 2.90.